The van der Waals surface area contributed by atoms with Gasteiger partial charge in [-0.15, -0.1) is 0 Å². The first kappa shape index (κ1) is 16.4. The number of rotatable bonds is 4. The second-order valence-corrected chi connectivity index (χ2v) is 6.33. The molecule has 0 aliphatic carbocycles. The van der Waals surface area contributed by atoms with Crippen LogP contribution in [0.2, 0.25) is 0 Å². The molecule has 3 aromatic rings. The number of carbonyl (C=O) groups excluding carboxylic acids is 1. The average Bonchev–Trinajstić information content (AvgIpc) is 2.93. The van der Waals surface area contributed by atoms with Crippen molar-refractivity contribution in [2.24, 2.45) is 0 Å². The minimum Gasteiger partial charge on any atom is -0.462 e. The van der Waals surface area contributed by atoms with E-state index < -0.39 is 0 Å². The predicted molar refractivity (Wildman–Crippen MR) is 101 cm³/mol. The van der Waals surface area contributed by atoms with E-state index >= 15 is 0 Å². The number of ether oxygens (including phenoxy) is 1. The van der Waals surface area contributed by atoms with Crippen molar-refractivity contribution in [3.05, 3.63) is 71.8 Å². The lowest BCUT2D eigenvalue weighted by Gasteiger charge is -2.19. The minimum absolute atomic E-state index is 0.298. The number of hydrogen-bond acceptors (Lipinski definition) is 4. The quantitative estimate of drug-likeness (QED) is 0.734. The molecule has 0 spiro atoms. The first-order valence-electron chi connectivity index (χ1n) is 8.89. The molecular weight excluding hydrogens is 326 g/mol. The van der Waals surface area contributed by atoms with Crippen LogP contribution in [0.25, 0.3) is 16.5 Å². The summed E-state index contributed by atoms with van der Waals surface area (Å²) in [4.78, 5) is 22.6. The Kier molecular flexibility index (Phi) is 4.44. The number of para-hydroxylation sites is 1. The van der Waals surface area contributed by atoms with Crippen LogP contribution in [0.15, 0.2) is 54.9 Å². The summed E-state index contributed by atoms with van der Waals surface area (Å²) in [6, 6.07) is 14.0. The molecule has 0 saturated heterocycles. The molecule has 0 atom stereocenters. The molecule has 0 saturated carbocycles. The van der Waals surface area contributed by atoms with Gasteiger partial charge in [0.25, 0.3) is 0 Å². The number of nitrogens with one attached hydrogen (secondary N) is 1. The van der Waals surface area contributed by atoms with Crippen molar-refractivity contribution < 1.29 is 9.53 Å². The number of nitrogens with zero attached hydrogens (tertiary/aromatic N) is 2. The summed E-state index contributed by atoms with van der Waals surface area (Å²) in [6.45, 7) is 3.65. The van der Waals surface area contributed by atoms with Crippen LogP contribution in [0.3, 0.4) is 0 Å². The molecule has 5 heteroatoms. The van der Waals surface area contributed by atoms with E-state index in [9.17, 15) is 4.79 Å². The molecule has 0 fully saturated rings. The lowest BCUT2D eigenvalue weighted by Crippen LogP contribution is -2.20. The normalized spacial score (nSPS) is 13.9. The summed E-state index contributed by atoms with van der Waals surface area (Å²) < 4.78 is 5.32. The second kappa shape index (κ2) is 7.04. The van der Waals surface area contributed by atoms with Crippen LogP contribution in [-0.4, -0.2) is 34.0 Å². The van der Waals surface area contributed by atoms with Crippen molar-refractivity contribution in [3.8, 4) is 0 Å². The van der Waals surface area contributed by atoms with Crippen molar-refractivity contribution in [2.45, 2.75) is 19.9 Å². The summed E-state index contributed by atoms with van der Waals surface area (Å²) in [6.07, 6.45) is 4.55. The van der Waals surface area contributed by atoms with Gasteiger partial charge in [0.15, 0.2) is 0 Å². The van der Waals surface area contributed by atoms with Crippen LogP contribution in [0.1, 0.15) is 23.9 Å². The number of esters is 1. The number of aromatic nitrogens is 2. The number of aromatic amines is 1. The van der Waals surface area contributed by atoms with E-state index in [1.165, 1.54) is 5.56 Å². The van der Waals surface area contributed by atoms with Crippen molar-refractivity contribution in [2.75, 3.05) is 13.2 Å². The van der Waals surface area contributed by atoms with Crippen LogP contribution in [0.4, 0.5) is 0 Å². The van der Waals surface area contributed by atoms with Crippen molar-refractivity contribution >= 4 is 22.4 Å². The fraction of sp³-hybridized carbons (Fsp3) is 0.238. The molecule has 0 bridgehead atoms. The lowest BCUT2D eigenvalue weighted by atomic mass is 10.0. The monoisotopic (exact) mass is 347 g/mol. The summed E-state index contributed by atoms with van der Waals surface area (Å²) in [5.41, 5.74) is 4.64. The summed E-state index contributed by atoms with van der Waals surface area (Å²) in [5, 5.41) is 1.16. The average molecular weight is 347 g/mol. The second-order valence-electron chi connectivity index (χ2n) is 6.33. The minimum atomic E-state index is -0.298. The Bertz CT molecular complexity index is 960. The maximum Gasteiger partial charge on any atom is 0.341 e. The zero-order valence-electron chi connectivity index (χ0n) is 14.7. The van der Waals surface area contributed by atoms with Gasteiger partial charge in [0.05, 0.1) is 30.1 Å². The van der Waals surface area contributed by atoms with E-state index in [1.807, 2.05) is 49.5 Å². The first-order chi connectivity index (χ1) is 12.8. The summed E-state index contributed by atoms with van der Waals surface area (Å²) in [5.74, 6) is -0.298. The largest absolute Gasteiger partial charge is 0.462 e. The van der Waals surface area contributed by atoms with Gasteiger partial charge in [-0.2, -0.15) is 0 Å². The molecule has 4 rings (SSSR count). The Morgan fingerprint density at radius 3 is 2.88 bits per heavy atom. The van der Waals surface area contributed by atoms with Gasteiger partial charge < -0.3 is 14.6 Å². The molecule has 0 unspecified atom stereocenters. The van der Waals surface area contributed by atoms with E-state index in [2.05, 4.69) is 20.9 Å². The lowest BCUT2D eigenvalue weighted by molar-refractivity contribution is -0.136. The Labute approximate surface area is 152 Å². The van der Waals surface area contributed by atoms with Crippen molar-refractivity contribution in [1.82, 2.24) is 14.9 Å². The van der Waals surface area contributed by atoms with Crippen LogP contribution in [-0.2, 0) is 22.5 Å². The predicted octanol–water partition coefficient (Wildman–Crippen LogP) is 3.53. The zero-order valence-corrected chi connectivity index (χ0v) is 14.7. The third kappa shape index (κ3) is 3.08. The van der Waals surface area contributed by atoms with E-state index in [0.29, 0.717) is 18.7 Å². The maximum atomic E-state index is 12.6. The Hall–Kier alpha value is -3.08. The number of fused-ring (bicyclic) bond motifs is 3. The summed E-state index contributed by atoms with van der Waals surface area (Å²) in [7, 11) is 0. The fourth-order valence-corrected chi connectivity index (χ4v) is 3.44. The Morgan fingerprint density at radius 2 is 2.08 bits per heavy atom. The molecule has 1 N–H and O–H groups in total. The zero-order chi connectivity index (χ0) is 17.9. The molecule has 0 amide bonds. The van der Waals surface area contributed by atoms with Gasteiger partial charge in [-0.25, -0.2) is 4.79 Å². The molecule has 132 valence electrons. The Morgan fingerprint density at radius 1 is 1.23 bits per heavy atom. The van der Waals surface area contributed by atoms with Gasteiger partial charge in [-0.05, 0) is 37.1 Å². The van der Waals surface area contributed by atoms with E-state index in [4.69, 9.17) is 4.74 Å². The van der Waals surface area contributed by atoms with Crippen LogP contribution < -0.4 is 0 Å². The third-order valence-corrected chi connectivity index (χ3v) is 4.63. The number of pyridine rings is 1. The van der Waals surface area contributed by atoms with Gasteiger partial charge in [-0.1, -0.05) is 24.3 Å². The molecule has 0 radical (unpaired) electrons. The highest BCUT2D eigenvalue weighted by Crippen LogP contribution is 2.31. The standard InChI is InChI=1S/C21H21N3O2/c1-2-26-21(25)18-14-24(13-15-7-5-6-11-22-15)12-10-17-16-8-3-4-9-19(16)23-20(17)18/h3-9,11,14,23H,2,10,12-13H2,1H3. The first-order valence-corrected chi connectivity index (χ1v) is 8.89. The van der Waals surface area contributed by atoms with Crippen LogP contribution in [0, 0.1) is 0 Å². The SMILES string of the molecule is CCOC(=O)C1=CN(Cc2ccccn2)CCc2c1[nH]c1ccccc21. The molecule has 26 heavy (non-hydrogen) atoms. The number of carbonyl (C=O) groups is 1. The van der Waals surface area contributed by atoms with E-state index in [1.54, 1.807) is 6.20 Å². The van der Waals surface area contributed by atoms with E-state index in [-0.39, 0.29) is 5.97 Å². The highest BCUT2D eigenvalue weighted by atomic mass is 16.5. The molecule has 2 aromatic heterocycles. The van der Waals surface area contributed by atoms with Crippen molar-refractivity contribution in [3.63, 3.8) is 0 Å². The molecule has 1 aliphatic heterocycles. The number of H-pyrrole nitrogens is 1. The third-order valence-electron chi connectivity index (χ3n) is 4.63. The van der Waals surface area contributed by atoms with Gasteiger partial charge in [-0.3, -0.25) is 4.98 Å². The van der Waals surface area contributed by atoms with Gasteiger partial charge in [0.1, 0.15) is 0 Å². The topological polar surface area (TPSA) is 58.2 Å². The molecular formula is C21H21N3O2. The molecule has 1 aromatic carbocycles. The Balaban J connectivity index is 1.75. The van der Waals surface area contributed by atoms with Crippen molar-refractivity contribution in [1.29, 1.82) is 0 Å². The highest BCUT2D eigenvalue weighted by Gasteiger charge is 2.25. The fourth-order valence-electron chi connectivity index (χ4n) is 3.44. The van der Waals surface area contributed by atoms with Gasteiger partial charge in [0.2, 0.25) is 0 Å². The maximum absolute atomic E-state index is 12.6. The van der Waals surface area contributed by atoms with Gasteiger partial charge >= 0.3 is 5.97 Å². The van der Waals surface area contributed by atoms with E-state index in [0.717, 1.165) is 35.3 Å². The van der Waals surface area contributed by atoms with Crippen LogP contribution in [0.5, 0.6) is 0 Å². The molecule has 3 heterocycles. The molecule has 5 nitrogen and oxygen atoms in total. The smallest absolute Gasteiger partial charge is 0.341 e. The summed E-state index contributed by atoms with van der Waals surface area (Å²) >= 11 is 0. The molecule has 1 aliphatic rings. The number of hydrogen-bond donors (Lipinski definition) is 1. The van der Waals surface area contributed by atoms with Gasteiger partial charge in [0, 0.05) is 29.8 Å². The highest BCUT2D eigenvalue weighted by molar-refractivity contribution is 6.17. The number of benzene rings is 1. The van der Waals surface area contributed by atoms with Crippen LogP contribution >= 0.6 is 0 Å².